The minimum absolute atomic E-state index is 0.0245. The maximum Gasteiger partial charge on any atom is 0.255 e. The van der Waals surface area contributed by atoms with Crippen molar-refractivity contribution in [3.05, 3.63) is 50.8 Å². The van der Waals surface area contributed by atoms with Crippen LogP contribution in [0.4, 0.5) is 0 Å². The van der Waals surface area contributed by atoms with E-state index in [1.165, 1.54) is 18.7 Å². The first-order valence-corrected chi connectivity index (χ1v) is 9.22. The smallest absolute Gasteiger partial charge is 0.255 e. The molecule has 7 heteroatoms. The number of pyridine rings is 1. The van der Waals surface area contributed by atoms with Crippen LogP contribution in [-0.4, -0.2) is 51.4 Å². The van der Waals surface area contributed by atoms with Crippen molar-refractivity contribution in [2.24, 2.45) is 5.92 Å². The quantitative estimate of drug-likeness (QED) is 0.918. The summed E-state index contributed by atoms with van der Waals surface area (Å²) in [5.74, 6) is 0.533. The minimum Gasteiger partial charge on any atom is -0.334 e. The number of thiazole rings is 1. The molecule has 0 aromatic carbocycles. The molecule has 3 aliphatic rings. The monoisotopic (exact) mass is 344 g/mol. The SMILES string of the molecule is O=C(c1ccc(=O)[nH]c1)N1C[C@H]2CC[C@@H]1CN(Cc1cscn1)C2. The number of nitrogens with zero attached hydrogens (tertiary/aromatic N) is 3. The highest BCUT2D eigenvalue weighted by molar-refractivity contribution is 7.07. The van der Waals surface area contributed by atoms with E-state index in [-0.39, 0.29) is 17.5 Å². The number of hydrogen-bond donors (Lipinski definition) is 1. The van der Waals surface area contributed by atoms with Crippen LogP contribution in [0.2, 0.25) is 0 Å². The lowest BCUT2D eigenvalue weighted by molar-refractivity contribution is 0.0584. The Balaban J connectivity index is 1.51. The molecule has 0 aliphatic carbocycles. The molecule has 3 fully saturated rings. The van der Waals surface area contributed by atoms with Gasteiger partial charge in [0.15, 0.2) is 0 Å². The first-order valence-electron chi connectivity index (χ1n) is 8.28. The Kier molecular flexibility index (Phi) is 4.20. The van der Waals surface area contributed by atoms with E-state index in [1.807, 2.05) is 10.4 Å². The normalized spacial score (nSPS) is 24.1. The van der Waals surface area contributed by atoms with E-state index in [1.54, 1.807) is 17.4 Å². The minimum atomic E-state index is -0.182. The van der Waals surface area contributed by atoms with Crippen molar-refractivity contribution in [3.8, 4) is 0 Å². The van der Waals surface area contributed by atoms with Crippen LogP contribution in [0.1, 0.15) is 28.9 Å². The predicted molar refractivity (Wildman–Crippen MR) is 92.0 cm³/mol. The zero-order chi connectivity index (χ0) is 16.5. The largest absolute Gasteiger partial charge is 0.334 e. The Morgan fingerprint density at radius 3 is 2.96 bits per heavy atom. The molecular weight excluding hydrogens is 324 g/mol. The molecule has 126 valence electrons. The van der Waals surface area contributed by atoms with Crippen LogP contribution in [0, 0.1) is 5.92 Å². The molecule has 24 heavy (non-hydrogen) atoms. The number of carbonyl (C=O) groups is 1. The van der Waals surface area contributed by atoms with Crippen molar-refractivity contribution in [1.82, 2.24) is 19.8 Å². The standard InChI is InChI=1S/C17H20N4O2S/c22-16-4-2-13(5-18-16)17(23)21-7-12-1-3-15(21)9-20(6-12)8-14-10-24-11-19-14/h2,4-5,10-12,15H,1,3,6-9H2,(H,18,22)/t12-,15+/m0/s1. The highest BCUT2D eigenvalue weighted by atomic mass is 32.1. The Hall–Kier alpha value is -1.99. The molecule has 1 N–H and O–H groups in total. The Bertz CT molecular complexity index is 753. The summed E-state index contributed by atoms with van der Waals surface area (Å²) >= 11 is 1.62. The lowest BCUT2D eigenvalue weighted by atomic mass is 9.94. The summed E-state index contributed by atoms with van der Waals surface area (Å²) in [6, 6.07) is 3.27. The van der Waals surface area contributed by atoms with E-state index >= 15 is 0 Å². The van der Waals surface area contributed by atoms with Gasteiger partial charge in [0.2, 0.25) is 5.56 Å². The van der Waals surface area contributed by atoms with Gasteiger partial charge in [-0.05, 0) is 24.8 Å². The van der Waals surface area contributed by atoms with Gasteiger partial charge in [0, 0.05) is 49.9 Å². The van der Waals surface area contributed by atoms with E-state index in [0.717, 1.165) is 38.3 Å². The molecule has 2 aromatic rings. The van der Waals surface area contributed by atoms with Crippen LogP contribution < -0.4 is 5.56 Å². The summed E-state index contributed by atoms with van der Waals surface area (Å²) in [5, 5.41) is 2.09. The number of hydrogen-bond acceptors (Lipinski definition) is 5. The number of aromatic amines is 1. The molecule has 1 amide bonds. The van der Waals surface area contributed by atoms with Crippen LogP contribution in [0.5, 0.6) is 0 Å². The first kappa shape index (κ1) is 15.5. The van der Waals surface area contributed by atoms with Crippen LogP contribution >= 0.6 is 11.3 Å². The number of H-pyrrole nitrogens is 1. The van der Waals surface area contributed by atoms with Crippen LogP contribution in [-0.2, 0) is 6.54 Å². The molecule has 0 unspecified atom stereocenters. The van der Waals surface area contributed by atoms with Crippen LogP contribution in [0.3, 0.4) is 0 Å². The van der Waals surface area contributed by atoms with Crippen molar-refractivity contribution in [2.75, 3.05) is 19.6 Å². The lowest BCUT2D eigenvalue weighted by Crippen LogP contribution is -2.47. The van der Waals surface area contributed by atoms with Gasteiger partial charge in [-0.2, -0.15) is 0 Å². The van der Waals surface area contributed by atoms with Crippen molar-refractivity contribution in [3.63, 3.8) is 0 Å². The third-order valence-corrected chi connectivity index (χ3v) is 5.59. The third kappa shape index (κ3) is 3.14. The van der Waals surface area contributed by atoms with Gasteiger partial charge in [0.05, 0.1) is 16.8 Å². The van der Waals surface area contributed by atoms with Gasteiger partial charge in [-0.25, -0.2) is 4.98 Å². The zero-order valence-corrected chi connectivity index (χ0v) is 14.2. The second-order valence-corrected chi connectivity index (χ2v) is 7.39. The molecule has 2 aromatic heterocycles. The Morgan fingerprint density at radius 2 is 2.21 bits per heavy atom. The summed E-state index contributed by atoms with van der Waals surface area (Å²) in [4.78, 5) is 35.5. The first-order chi connectivity index (χ1) is 11.7. The number of piperidine rings is 1. The molecule has 5 heterocycles. The van der Waals surface area contributed by atoms with Gasteiger partial charge in [0.1, 0.15) is 0 Å². The van der Waals surface area contributed by atoms with Gasteiger partial charge >= 0.3 is 0 Å². The third-order valence-electron chi connectivity index (χ3n) is 4.95. The topological polar surface area (TPSA) is 69.3 Å². The molecule has 0 saturated carbocycles. The van der Waals surface area contributed by atoms with E-state index in [0.29, 0.717) is 11.5 Å². The molecule has 5 rings (SSSR count). The highest BCUT2D eigenvalue weighted by Crippen LogP contribution is 2.29. The summed E-state index contributed by atoms with van der Waals surface area (Å²) in [7, 11) is 0. The number of rotatable bonds is 3. The van der Waals surface area contributed by atoms with Gasteiger partial charge in [0.25, 0.3) is 5.91 Å². The fraction of sp³-hybridized carbons (Fsp3) is 0.471. The summed E-state index contributed by atoms with van der Waals surface area (Å²) in [6.45, 7) is 3.57. The maximum atomic E-state index is 12.9. The fourth-order valence-electron chi connectivity index (χ4n) is 3.81. The van der Waals surface area contributed by atoms with Gasteiger partial charge < -0.3 is 9.88 Å². The van der Waals surface area contributed by atoms with Crippen molar-refractivity contribution < 1.29 is 4.79 Å². The van der Waals surface area contributed by atoms with Crippen LogP contribution in [0.15, 0.2) is 34.0 Å². The summed E-state index contributed by atoms with van der Waals surface area (Å²) in [5.41, 5.74) is 3.36. The molecule has 3 saturated heterocycles. The molecule has 3 aliphatic heterocycles. The number of carbonyl (C=O) groups excluding carboxylic acids is 1. The van der Waals surface area contributed by atoms with Crippen LogP contribution in [0.25, 0.3) is 0 Å². The molecular formula is C17H20N4O2S. The number of nitrogens with one attached hydrogen (secondary N) is 1. The average Bonchev–Trinajstić information content (AvgIpc) is 2.94. The van der Waals surface area contributed by atoms with E-state index in [4.69, 9.17) is 0 Å². The molecule has 0 radical (unpaired) electrons. The van der Waals surface area contributed by atoms with E-state index in [2.05, 4.69) is 20.2 Å². The van der Waals surface area contributed by atoms with E-state index in [9.17, 15) is 9.59 Å². The van der Waals surface area contributed by atoms with Crippen molar-refractivity contribution in [2.45, 2.75) is 25.4 Å². The molecule has 2 bridgehead atoms. The Morgan fingerprint density at radius 1 is 1.29 bits per heavy atom. The van der Waals surface area contributed by atoms with Crippen molar-refractivity contribution >= 4 is 17.2 Å². The second-order valence-electron chi connectivity index (χ2n) is 6.67. The molecule has 6 nitrogen and oxygen atoms in total. The summed E-state index contributed by atoms with van der Waals surface area (Å²) in [6.07, 6.45) is 3.75. The lowest BCUT2D eigenvalue weighted by Gasteiger charge is -2.36. The van der Waals surface area contributed by atoms with Gasteiger partial charge in [-0.1, -0.05) is 0 Å². The molecule has 2 atom stereocenters. The zero-order valence-electron chi connectivity index (χ0n) is 13.4. The Labute approximate surface area is 144 Å². The predicted octanol–water partition coefficient (Wildman–Crippen LogP) is 1.57. The number of amides is 1. The number of aromatic nitrogens is 2. The average molecular weight is 344 g/mol. The number of fused-ring (bicyclic) bond motifs is 4. The second kappa shape index (κ2) is 6.49. The highest BCUT2D eigenvalue weighted by Gasteiger charge is 2.37. The van der Waals surface area contributed by atoms with Gasteiger partial charge in [-0.3, -0.25) is 14.5 Å². The molecule has 0 spiro atoms. The maximum absolute atomic E-state index is 12.9. The fourth-order valence-corrected chi connectivity index (χ4v) is 4.36. The van der Waals surface area contributed by atoms with Gasteiger partial charge in [-0.15, -0.1) is 11.3 Å². The van der Waals surface area contributed by atoms with E-state index < -0.39 is 0 Å². The van der Waals surface area contributed by atoms with Crippen molar-refractivity contribution in [1.29, 1.82) is 0 Å². The summed E-state index contributed by atoms with van der Waals surface area (Å²) < 4.78 is 0.